The molecule has 0 spiro atoms. The maximum Gasteiger partial charge on any atom is 0.230 e. The number of ether oxygens (including phenoxy) is 1. The average molecular weight is 472 g/mol. The molecule has 36 heavy (non-hydrogen) atoms. The number of nitrogens with zero attached hydrogens (tertiary/aromatic N) is 7. The van der Waals surface area contributed by atoms with Gasteiger partial charge in [-0.15, -0.1) is 5.10 Å². The third-order valence-electron chi connectivity index (χ3n) is 6.49. The molecular weight excluding hydrogens is 450 g/mol. The predicted octanol–water partition coefficient (Wildman–Crippen LogP) is 4.89. The Hall–Kier alpha value is -4.85. The second kappa shape index (κ2) is 8.13. The van der Waals surface area contributed by atoms with E-state index in [1.54, 1.807) is 17.0 Å². The largest absolute Gasteiger partial charge is 0.420 e. The molecule has 0 unspecified atom stereocenters. The van der Waals surface area contributed by atoms with Gasteiger partial charge in [0.2, 0.25) is 11.8 Å². The first-order valence-corrected chi connectivity index (χ1v) is 11.8. The van der Waals surface area contributed by atoms with E-state index in [2.05, 4.69) is 28.2 Å². The zero-order valence-electron chi connectivity index (χ0n) is 19.5. The molecule has 7 rings (SSSR count). The Bertz CT molecular complexity index is 1690. The molecule has 2 aromatic carbocycles. The molecule has 8 heteroatoms. The van der Waals surface area contributed by atoms with E-state index in [0.717, 1.165) is 45.1 Å². The van der Waals surface area contributed by atoms with Crippen LogP contribution in [0.25, 0.3) is 11.3 Å². The van der Waals surface area contributed by atoms with Crippen molar-refractivity contribution >= 4 is 5.65 Å². The lowest BCUT2D eigenvalue weighted by Gasteiger charge is -2.26. The Balaban J connectivity index is 1.44. The van der Waals surface area contributed by atoms with Crippen LogP contribution in [0.5, 0.6) is 11.8 Å². The summed E-state index contributed by atoms with van der Waals surface area (Å²) in [6, 6.07) is 24.2. The van der Waals surface area contributed by atoms with Gasteiger partial charge in [0.1, 0.15) is 6.33 Å². The molecule has 0 amide bonds. The fourth-order valence-electron chi connectivity index (χ4n) is 4.90. The minimum atomic E-state index is -0.208. The quantitative estimate of drug-likeness (QED) is 0.364. The summed E-state index contributed by atoms with van der Waals surface area (Å²) in [6.07, 6.45) is 5.95. The number of hydrogen-bond acceptors (Lipinski definition) is 6. The van der Waals surface area contributed by atoms with E-state index >= 15 is 0 Å². The van der Waals surface area contributed by atoms with Crippen molar-refractivity contribution in [3.8, 4) is 17.4 Å². The number of aromatic nitrogens is 7. The van der Waals surface area contributed by atoms with E-state index in [1.165, 1.54) is 0 Å². The van der Waals surface area contributed by atoms with Gasteiger partial charge >= 0.3 is 0 Å². The van der Waals surface area contributed by atoms with Gasteiger partial charge in [0, 0.05) is 18.8 Å². The summed E-state index contributed by atoms with van der Waals surface area (Å²) in [5.74, 6) is 1.67. The lowest BCUT2D eigenvalue weighted by molar-refractivity contribution is 0.402. The summed E-state index contributed by atoms with van der Waals surface area (Å²) in [4.78, 5) is 14.0. The lowest BCUT2D eigenvalue weighted by atomic mass is 9.85. The van der Waals surface area contributed by atoms with Gasteiger partial charge in [-0.1, -0.05) is 54.6 Å². The molecular formula is C28H21N7O. The third kappa shape index (κ3) is 3.26. The SMILES string of the molecule is Cc1nn(-c2ccccc2)c2c1[C@@H](c1cccnc1)c1c(ncn3nc(Cc4ccccc4)nc13)O2. The van der Waals surface area contributed by atoms with Crippen LogP contribution in [-0.2, 0) is 6.42 Å². The number of aryl methyl sites for hydroxylation is 1. The average Bonchev–Trinajstić information content (AvgIpc) is 3.49. The van der Waals surface area contributed by atoms with Crippen LogP contribution < -0.4 is 4.74 Å². The first-order chi connectivity index (χ1) is 17.8. The van der Waals surface area contributed by atoms with Crippen molar-refractivity contribution in [2.24, 2.45) is 0 Å². The second-order valence-electron chi connectivity index (χ2n) is 8.80. The highest BCUT2D eigenvalue weighted by molar-refractivity contribution is 5.66. The van der Waals surface area contributed by atoms with Gasteiger partial charge < -0.3 is 4.74 Å². The molecule has 6 aromatic rings. The Morgan fingerprint density at radius 2 is 1.69 bits per heavy atom. The number of rotatable bonds is 4. The van der Waals surface area contributed by atoms with Crippen LogP contribution >= 0.6 is 0 Å². The molecule has 174 valence electrons. The maximum atomic E-state index is 6.46. The maximum absolute atomic E-state index is 6.46. The molecule has 5 heterocycles. The summed E-state index contributed by atoms with van der Waals surface area (Å²) in [7, 11) is 0. The molecule has 8 nitrogen and oxygen atoms in total. The van der Waals surface area contributed by atoms with Crippen LogP contribution in [0.15, 0.2) is 91.5 Å². The van der Waals surface area contributed by atoms with Crippen LogP contribution in [0.2, 0.25) is 0 Å². The van der Waals surface area contributed by atoms with E-state index in [4.69, 9.17) is 19.9 Å². The van der Waals surface area contributed by atoms with E-state index in [-0.39, 0.29) is 5.92 Å². The minimum Gasteiger partial charge on any atom is -0.420 e. The van der Waals surface area contributed by atoms with Crippen molar-refractivity contribution in [3.05, 3.63) is 125 Å². The summed E-state index contributed by atoms with van der Waals surface area (Å²) < 4.78 is 10.0. The Kier molecular flexibility index (Phi) is 4.63. The van der Waals surface area contributed by atoms with E-state index in [1.807, 2.05) is 72.4 Å². The highest BCUT2D eigenvalue weighted by atomic mass is 16.5. The monoisotopic (exact) mass is 471 g/mol. The summed E-state index contributed by atoms with van der Waals surface area (Å²) in [5.41, 5.74) is 6.52. The first-order valence-electron chi connectivity index (χ1n) is 11.8. The van der Waals surface area contributed by atoms with E-state index in [9.17, 15) is 0 Å². The zero-order valence-corrected chi connectivity index (χ0v) is 19.5. The third-order valence-corrected chi connectivity index (χ3v) is 6.49. The molecule has 1 aliphatic heterocycles. The number of benzene rings is 2. The van der Waals surface area contributed by atoms with Crippen LogP contribution in [0.4, 0.5) is 0 Å². The number of fused-ring (bicyclic) bond motifs is 4. The smallest absolute Gasteiger partial charge is 0.230 e. The van der Waals surface area contributed by atoms with Gasteiger partial charge in [-0.05, 0) is 36.2 Å². The second-order valence-corrected chi connectivity index (χ2v) is 8.80. The highest BCUT2D eigenvalue weighted by Gasteiger charge is 2.38. The summed E-state index contributed by atoms with van der Waals surface area (Å²) >= 11 is 0. The van der Waals surface area contributed by atoms with Crippen molar-refractivity contribution in [3.63, 3.8) is 0 Å². The minimum absolute atomic E-state index is 0.208. The van der Waals surface area contributed by atoms with Gasteiger partial charge in [0.15, 0.2) is 11.5 Å². The van der Waals surface area contributed by atoms with Gasteiger partial charge in [0.05, 0.1) is 28.4 Å². The fourth-order valence-corrected chi connectivity index (χ4v) is 4.90. The van der Waals surface area contributed by atoms with Crippen LogP contribution in [0.1, 0.15) is 39.7 Å². The van der Waals surface area contributed by atoms with Crippen LogP contribution in [0, 0.1) is 6.92 Å². The molecule has 1 atom stereocenters. The molecule has 1 aliphatic rings. The molecule has 0 saturated carbocycles. The number of para-hydroxylation sites is 1. The molecule has 0 saturated heterocycles. The van der Waals surface area contributed by atoms with E-state index in [0.29, 0.717) is 18.2 Å². The predicted molar refractivity (Wildman–Crippen MR) is 134 cm³/mol. The molecule has 0 aliphatic carbocycles. The van der Waals surface area contributed by atoms with Crippen LogP contribution in [0.3, 0.4) is 0 Å². The summed E-state index contributed by atoms with van der Waals surface area (Å²) in [5, 5.41) is 9.59. The van der Waals surface area contributed by atoms with Gasteiger partial charge in [0.25, 0.3) is 0 Å². The normalized spacial score (nSPS) is 14.3. The standard InChI is InChI=1S/C28H21N7O/c1-18-23-24(20-11-8-14-29-16-20)25-26-31-22(15-19-9-4-2-5-10-19)33-34(26)17-30-27(25)36-28(23)35(32-18)21-12-6-3-7-13-21/h2-14,16-17,24H,15H2,1H3/t24-/m1/s1. The molecule has 0 N–H and O–H groups in total. The van der Waals surface area contributed by atoms with Crippen molar-refractivity contribution in [1.82, 2.24) is 34.3 Å². The Morgan fingerprint density at radius 3 is 2.47 bits per heavy atom. The molecule has 4 aromatic heterocycles. The van der Waals surface area contributed by atoms with Gasteiger partial charge in [-0.2, -0.15) is 5.10 Å². The Morgan fingerprint density at radius 1 is 0.889 bits per heavy atom. The molecule has 0 fully saturated rings. The topological polar surface area (TPSA) is 83.0 Å². The van der Waals surface area contributed by atoms with Gasteiger partial charge in [-0.25, -0.2) is 19.2 Å². The van der Waals surface area contributed by atoms with Crippen molar-refractivity contribution in [1.29, 1.82) is 0 Å². The lowest BCUT2D eigenvalue weighted by Crippen LogP contribution is -2.16. The zero-order chi connectivity index (χ0) is 24.1. The van der Waals surface area contributed by atoms with Crippen molar-refractivity contribution in [2.75, 3.05) is 0 Å². The first kappa shape index (κ1) is 20.5. The fraction of sp³-hybridized carbons (Fsp3) is 0.107. The summed E-state index contributed by atoms with van der Waals surface area (Å²) in [6.45, 7) is 2.01. The van der Waals surface area contributed by atoms with Gasteiger partial charge in [-0.3, -0.25) is 4.98 Å². The van der Waals surface area contributed by atoms with Crippen molar-refractivity contribution in [2.45, 2.75) is 19.3 Å². The Labute approximate surface area is 206 Å². The van der Waals surface area contributed by atoms with Crippen molar-refractivity contribution < 1.29 is 4.74 Å². The number of hydrogen-bond donors (Lipinski definition) is 0. The van der Waals surface area contributed by atoms with E-state index < -0.39 is 0 Å². The van der Waals surface area contributed by atoms with Crippen LogP contribution in [-0.4, -0.2) is 34.3 Å². The molecule has 0 radical (unpaired) electrons. The molecule has 0 bridgehead atoms. The highest BCUT2D eigenvalue weighted by Crippen LogP contribution is 2.49. The number of pyridine rings is 1.